The van der Waals surface area contributed by atoms with E-state index >= 15 is 0 Å². The molecule has 14 heteroatoms. The Morgan fingerprint density at radius 1 is 0.865 bits per heavy atom. The molecular weight excluding hydrogens is 668 g/mol. The summed E-state index contributed by atoms with van der Waals surface area (Å²) in [5, 5.41) is 8.29. The smallest absolute Gasteiger partial charge is 0.328 e. The van der Waals surface area contributed by atoms with Gasteiger partial charge in [-0.25, -0.2) is 4.79 Å². The summed E-state index contributed by atoms with van der Waals surface area (Å²) in [4.78, 5) is 100. The van der Waals surface area contributed by atoms with Crippen LogP contribution in [0.25, 0.3) is 0 Å². The quantitative estimate of drug-likeness (QED) is 0.195. The summed E-state index contributed by atoms with van der Waals surface area (Å²) in [6.45, 7) is 3.92. The Balaban J connectivity index is 1.44. The second-order valence-electron chi connectivity index (χ2n) is 14.1. The minimum atomic E-state index is -1.39. The highest BCUT2D eigenvalue weighted by Gasteiger charge is 2.45. The molecule has 282 valence electrons. The fraction of sp³-hybridized carbons (Fsp3) is 0.605. The lowest BCUT2D eigenvalue weighted by Gasteiger charge is -2.39. The number of fused-ring (bicyclic) bond motifs is 3. The van der Waals surface area contributed by atoms with Crippen LogP contribution in [0.2, 0.25) is 0 Å². The second-order valence-corrected chi connectivity index (χ2v) is 14.1. The van der Waals surface area contributed by atoms with Gasteiger partial charge < -0.3 is 35.4 Å². The maximum Gasteiger partial charge on any atom is 0.328 e. The molecule has 1 aromatic rings. The third-order valence-electron chi connectivity index (χ3n) is 10.4. The molecule has 4 aliphatic heterocycles. The first-order chi connectivity index (χ1) is 25.1. The maximum absolute atomic E-state index is 14.4. The molecule has 0 aromatic heterocycles. The lowest BCUT2D eigenvalue weighted by molar-refractivity contribution is -0.158. The number of esters is 1. The Bertz CT molecular complexity index is 1520. The summed E-state index contributed by atoms with van der Waals surface area (Å²) < 4.78 is 5.69. The number of cyclic esters (lactones) is 1. The number of ether oxygens (including phenoxy) is 1. The molecular formula is C38H52N6O8. The number of carbonyl (C=O) groups excluding carboxylic acids is 7. The molecule has 5 rings (SSSR count). The van der Waals surface area contributed by atoms with Gasteiger partial charge in [0.15, 0.2) is 0 Å². The van der Waals surface area contributed by atoms with E-state index in [0.717, 1.165) is 24.8 Å². The number of piperidine rings is 1. The summed E-state index contributed by atoms with van der Waals surface area (Å²) in [7, 11) is 0. The predicted octanol–water partition coefficient (Wildman–Crippen LogP) is 1.37. The molecule has 3 N–H and O–H groups in total. The Hall–Kier alpha value is -4.75. The molecule has 0 saturated carbocycles. The van der Waals surface area contributed by atoms with E-state index in [9.17, 15) is 33.6 Å². The number of hydrogen-bond donors (Lipinski definition) is 3. The zero-order valence-corrected chi connectivity index (χ0v) is 30.2. The normalized spacial score (nSPS) is 26.7. The fourth-order valence-corrected chi connectivity index (χ4v) is 7.54. The Labute approximate surface area is 305 Å². The van der Waals surface area contributed by atoms with E-state index < -0.39 is 78.4 Å². The van der Waals surface area contributed by atoms with Crippen LogP contribution in [-0.4, -0.2) is 119 Å². The molecule has 4 saturated heterocycles. The van der Waals surface area contributed by atoms with Gasteiger partial charge >= 0.3 is 5.97 Å². The van der Waals surface area contributed by atoms with E-state index in [1.165, 1.54) is 20.8 Å². The number of nitrogens with zero attached hydrogens (tertiary/aromatic N) is 3. The number of nitrogens with one attached hydrogen (secondary N) is 3. The molecule has 0 unspecified atom stereocenters. The molecule has 4 aliphatic rings. The average Bonchev–Trinajstić information content (AvgIpc) is 3.85. The molecule has 4 fully saturated rings. The fourth-order valence-electron chi connectivity index (χ4n) is 7.54. The van der Waals surface area contributed by atoms with Gasteiger partial charge in [0.05, 0.1) is 0 Å². The van der Waals surface area contributed by atoms with Crippen molar-refractivity contribution < 1.29 is 38.3 Å². The number of rotatable bonds is 9. The number of hydrogen-bond acceptors (Lipinski definition) is 8. The number of benzene rings is 1. The first-order valence-electron chi connectivity index (χ1n) is 18.8. The van der Waals surface area contributed by atoms with E-state index in [1.54, 1.807) is 13.0 Å². The van der Waals surface area contributed by atoms with Crippen molar-refractivity contribution in [1.29, 1.82) is 0 Å². The summed E-state index contributed by atoms with van der Waals surface area (Å²) in [5.41, 5.74) is 0.777. The number of unbranched alkanes of at least 4 members (excludes halogenated alkanes) is 2. The van der Waals surface area contributed by atoms with E-state index in [1.807, 2.05) is 37.3 Å². The minimum absolute atomic E-state index is 0.127. The summed E-state index contributed by atoms with van der Waals surface area (Å²) in [6, 6.07) is 3.09. The van der Waals surface area contributed by atoms with E-state index in [-0.39, 0.29) is 25.4 Å². The van der Waals surface area contributed by atoms with E-state index in [0.29, 0.717) is 51.5 Å². The lowest BCUT2D eigenvalue weighted by atomic mass is 9.99. The molecule has 52 heavy (non-hydrogen) atoms. The monoisotopic (exact) mass is 720 g/mol. The molecule has 1 aromatic carbocycles. The van der Waals surface area contributed by atoms with E-state index in [4.69, 9.17) is 4.74 Å². The summed E-state index contributed by atoms with van der Waals surface area (Å²) in [6.07, 6.45) is 9.46. The molecule has 0 spiro atoms. The van der Waals surface area contributed by atoms with Gasteiger partial charge in [-0.3, -0.25) is 28.8 Å². The van der Waals surface area contributed by atoms with Gasteiger partial charge in [0.25, 0.3) is 0 Å². The largest absolute Gasteiger partial charge is 0.461 e. The van der Waals surface area contributed by atoms with Gasteiger partial charge in [-0.1, -0.05) is 56.2 Å². The highest BCUT2D eigenvalue weighted by atomic mass is 16.5. The highest BCUT2D eigenvalue weighted by Crippen LogP contribution is 2.26. The highest BCUT2D eigenvalue weighted by molar-refractivity contribution is 5.98. The van der Waals surface area contributed by atoms with Gasteiger partial charge in [-0.05, 0) is 69.9 Å². The molecule has 0 bridgehead atoms. The van der Waals surface area contributed by atoms with Crippen molar-refractivity contribution in [3.05, 3.63) is 48.0 Å². The van der Waals surface area contributed by atoms with Crippen molar-refractivity contribution >= 4 is 41.4 Å². The minimum Gasteiger partial charge on any atom is -0.461 e. The van der Waals surface area contributed by atoms with Gasteiger partial charge in [0, 0.05) is 26.1 Å². The van der Waals surface area contributed by atoms with Gasteiger partial charge in [0.1, 0.15) is 42.9 Å². The lowest BCUT2D eigenvalue weighted by Crippen LogP contribution is -2.62. The average molecular weight is 721 g/mol. The van der Waals surface area contributed by atoms with Crippen LogP contribution in [0.3, 0.4) is 0 Å². The third-order valence-corrected chi connectivity index (χ3v) is 10.4. The zero-order valence-electron chi connectivity index (χ0n) is 30.2. The number of amides is 6. The molecule has 4 heterocycles. The van der Waals surface area contributed by atoms with Crippen molar-refractivity contribution in [1.82, 2.24) is 30.7 Å². The van der Waals surface area contributed by atoms with Crippen LogP contribution in [-0.2, 0) is 44.7 Å². The van der Waals surface area contributed by atoms with Crippen molar-refractivity contribution in [2.45, 2.75) is 121 Å². The topological polar surface area (TPSA) is 175 Å². The first-order valence-corrected chi connectivity index (χ1v) is 18.8. The third kappa shape index (κ3) is 9.37. The Morgan fingerprint density at radius 2 is 1.52 bits per heavy atom. The first kappa shape index (κ1) is 38.5. The number of allylic oxidation sites excluding steroid dienone is 1. The molecule has 6 amide bonds. The van der Waals surface area contributed by atoms with Crippen LogP contribution in [0, 0.1) is 0 Å². The van der Waals surface area contributed by atoms with Crippen LogP contribution in [0.1, 0.15) is 83.6 Å². The summed E-state index contributed by atoms with van der Waals surface area (Å²) >= 11 is 0. The second kappa shape index (κ2) is 18.1. The van der Waals surface area contributed by atoms with E-state index in [2.05, 4.69) is 16.0 Å². The van der Waals surface area contributed by atoms with Gasteiger partial charge in [-0.2, -0.15) is 0 Å². The molecule has 6 atom stereocenters. The molecule has 14 nitrogen and oxygen atoms in total. The van der Waals surface area contributed by atoms with Crippen molar-refractivity contribution in [3.63, 3.8) is 0 Å². The van der Waals surface area contributed by atoms with Gasteiger partial charge in [-0.15, -0.1) is 0 Å². The van der Waals surface area contributed by atoms with Crippen molar-refractivity contribution in [2.24, 2.45) is 0 Å². The van der Waals surface area contributed by atoms with Crippen molar-refractivity contribution in [3.8, 4) is 0 Å². The zero-order chi connectivity index (χ0) is 37.2. The van der Waals surface area contributed by atoms with Crippen LogP contribution in [0.15, 0.2) is 42.5 Å². The van der Waals surface area contributed by atoms with Crippen LogP contribution in [0.5, 0.6) is 0 Å². The summed E-state index contributed by atoms with van der Waals surface area (Å²) in [5.74, 6) is -3.74. The maximum atomic E-state index is 14.4. The Morgan fingerprint density at radius 3 is 2.25 bits per heavy atom. The van der Waals surface area contributed by atoms with Crippen LogP contribution < -0.4 is 16.0 Å². The van der Waals surface area contributed by atoms with Crippen LogP contribution in [0.4, 0.5) is 0 Å². The van der Waals surface area contributed by atoms with Crippen molar-refractivity contribution in [2.75, 3.05) is 26.2 Å². The standard InChI is InChI=1S/C38H52N6O8/c1-3-4-5-9-19-32(45)40-27(23-26-14-7-6-8-15-26)33(46)41-28-24-52-38(51)31-18-13-22-44(31)35(48)25(2)39-34(47)29-16-10-11-20-42(29)37(50)30-17-12-21-43(30)36(28)49/h6-9,14-15,19,25,27-31H,3-5,10-13,16-18,20-24H2,1-2H3,(H,39,47)(H,40,45)(H,41,46)/b19-9+/t25-,27-,28-,29-,30-,31-/m0/s1. The predicted molar refractivity (Wildman–Crippen MR) is 190 cm³/mol. The van der Waals surface area contributed by atoms with Crippen LogP contribution >= 0.6 is 0 Å². The molecule has 0 radical (unpaired) electrons. The SMILES string of the molecule is CCCC/C=C/C(=O)N[C@@H](Cc1ccccc1)C(=O)N[C@H]1COC(=O)[C@@H]2CCCN2C(=O)[C@H](C)NC(=O)[C@@H]2CCCCN2C(=O)[C@@H]2CCCN2C1=O. The number of carbonyl (C=O) groups is 7. The Kier molecular flexibility index (Phi) is 13.4. The van der Waals surface area contributed by atoms with Gasteiger partial charge in [0.2, 0.25) is 35.4 Å². The molecule has 0 aliphatic carbocycles.